The van der Waals surface area contributed by atoms with Crippen molar-refractivity contribution < 1.29 is 26.4 Å². The van der Waals surface area contributed by atoms with E-state index in [2.05, 4.69) is 0 Å². The summed E-state index contributed by atoms with van der Waals surface area (Å²) in [5.41, 5.74) is 0.970. The first-order valence-electron chi connectivity index (χ1n) is 8.17. The Hall–Kier alpha value is -2.86. The summed E-state index contributed by atoms with van der Waals surface area (Å²) in [5.74, 6) is -0.919. The third kappa shape index (κ3) is 5.10. The third-order valence-electron chi connectivity index (χ3n) is 4.07. The average molecular weight is 410 g/mol. The predicted octanol–water partition coefficient (Wildman–Crippen LogP) is 3.63. The van der Waals surface area contributed by atoms with Gasteiger partial charge in [-0.05, 0) is 49.6 Å². The number of nitrogens with zero attached hydrogens (tertiary/aromatic N) is 1. The number of amides is 1. The number of hydrogen-bond acceptors (Lipinski definition) is 4. The minimum atomic E-state index is -5.00. The number of aryl methyl sites for hydroxylation is 3. The number of benzene rings is 2. The van der Waals surface area contributed by atoms with Gasteiger partial charge in [-0.2, -0.15) is 18.4 Å². The first-order chi connectivity index (χ1) is 12.9. The summed E-state index contributed by atoms with van der Waals surface area (Å²) in [6, 6.07) is 9.16. The molecule has 1 amide bonds. The Morgan fingerprint density at radius 2 is 1.82 bits per heavy atom. The maximum atomic E-state index is 13.2. The van der Waals surface area contributed by atoms with Crippen molar-refractivity contribution in [2.24, 2.45) is 0 Å². The van der Waals surface area contributed by atoms with E-state index in [1.54, 1.807) is 4.72 Å². The van der Waals surface area contributed by atoms with Crippen molar-refractivity contribution in [3.8, 4) is 6.07 Å². The van der Waals surface area contributed by atoms with Gasteiger partial charge in [0.25, 0.3) is 10.0 Å². The standard InChI is InChI=1S/C19H17F3N2O3S/c1-12-3-5-15(13(2)9-12)6-8-18(25)24-28(26,27)17-7-4-14(11-23)10-16(17)19(20,21)22/h3-5,7,9-10H,6,8H2,1-2H3,(H,24,25). The number of carbonyl (C=O) groups is 1. The molecule has 0 aliphatic heterocycles. The monoisotopic (exact) mass is 410 g/mol. The zero-order valence-corrected chi connectivity index (χ0v) is 15.9. The molecule has 1 N–H and O–H groups in total. The summed E-state index contributed by atoms with van der Waals surface area (Å²) in [6.45, 7) is 3.76. The smallest absolute Gasteiger partial charge is 0.274 e. The number of nitrogens with one attached hydrogen (secondary N) is 1. The van der Waals surface area contributed by atoms with Crippen LogP contribution in [-0.2, 0) is 27.4 Å². The van der Waals surface area contributed by atoms with Gasteiger partial charge in [-0.25, -0.2) is 13.1 Å². The molecule has 0 atom stereocenters. The Bertz CT molecular complexity index is 1060. The van der Waals surface area contributed by atoms with Gasteiger partial charge in [0.2, 0.25) is 5.91 Å². The van der Waals surface area contributed by atoms with Crippen LogP contribution in [-0.4, -0.2) is 14.3 Å². The molecule has 0 bridgehead atoms. The maximum absolute atomic E-state index is 13.2. The Balaban J connectivity index is 2.21. The van der Waals surface area contributed by atoms with Crippen LogP contribution < -0.4 is 4.72 Å². The van der Waals surface area contributed by atoms with E-state index in [1.165, 1.54) is 6.07 Å². The van der Waals surface area contributed by atoms with E-state index >= 15 is 0 Å². The van der Waals surface area contributed by atoms with Crippen molar-refractivity contribution >= 4 is 15.9 Å². The predicted molar refractivity (Wildman–Crippen MR) is 95.7 cm³/mol. The van der Waals surface area contributed by atoms with Crippen LogP contribution in [0.3, 0.4) is 0 Å². The van der Waals surface area contributed by atoms with Gasteiger partial charge in [0.15, 0.2) is 0 Å². The summed E-state index contributed by atoms with van der Waals surface area (Å²) in [5, 5.41) is 8.75. The van der Waals surface area contributed by atoms with Crippen LogP contribution in [0.4, 0.5) is 13.2 Å². The van der Waals surface area contributed by atoms with Crippen LogP contribution in [0.2, 0.25) is 0 Å². The molecule has 2 aromatic carbocycles. The van der Waals surface area contributed by atoms with Crippen LogP contribution in [0.5, 0.6) is 0 Å². The Kier molecular flexibility index (Phi) is 6.14. The summed E-state index contributed by atoms with van der Waals surface area (Å²) >= 11 is 0. The van der Waals surface area contributed by atoms with Crippen LogP contribution in [0.15, 0.2) is 41.3 Å². The van der Waals surface area contributed by atoms with Gasteiger partial charge in [-0.3, -0.25) is 4.79 Å². The van der Waals surface area contributed by atoms with Crippen molar-refractivity contribution in [3.05, 3.63) is 64.2 Å². The number of halogens is 3. The number of alkyl halides is 3. The van der Waals surface area contributed by atoms with Gasteiger partial charge in [0, 0.05) is 6.42 Å². The lowest BCUT2D eigenvalue weighted by Gasteiger charge is -2.14. The number of carbonyl (C=O) groups excluding carboxylic acids is 1. The van der Waals surface area contributed by atoms with E-state index in [1.807, 2.05) is 32.0 Å². The lowest BCUT2D eigenvalue weighted by atomic mass is 10.0. The SMILES string of the molecule is Cc1ccc(CCC(=O)NS(=O)(=O)c2ccc(C#N)cc2C(F)(F)F)c(C)c1. The van der Waals surface area contributed by atoms with Gasteiger partial charge < -0.3 is 0 Å². The number of sulfonamides is 1. The van der Waals surface area contributed by atoms with Crippen molar-refractivity contribution in [1.29, 1.82) is 5.26 Å². The topological polar surface area (TPSA) is 87.0 Å². The van der Waals surface area contributed by atoms with Crippen molar-refractivity contribution in [2.75, 3.05) is 0 Å². The molecule has 148 valence electrons. The van der Waals surface area contributed by atoms with Gasteiger partial charge in [-0.1, -0.05) is 23.8 Å². The van der Waals surface area contributed by atoms with E-state index in [0.29, 0.717) is 12.1 Å². The van der Waals surface area contributed by atoms with E-state index in [0.717, 1.165) is 22.8 Å². The third-order valence-corrected chi connectivity index (χ3v) is 5.50. The summed E-state index contributed by atoms with van der Waals surface area (Å²) in [7, 11) is -4.75. The van der Waals surface area contributed by atoms with Crippen molar-refractivity contribution in [1.82, 2.24) is 4.72 Å². The molecule has 2 rings (SSSR count). The Morgan fingerprint density at radius 1 is 1.14 bits per heavy atom. The van der Waals surface area contributed by atoms with Crippen molar-refractivity contribution in [2.45, 2.75) is 37.8 Å². The zero-order chi connectivity index (χ0) is 21.1. The first-order valence-corrected chi connectivity index (χ1v) is 9.65. The second kappa shape index (κ2) is 8.02. The molecule has 0 aromatic heterocycles. The highest BCUT2D eigenvalue weighted by molar-refractivity contribution is 7.90. The van der Waals surface area contributed by atoms with Crippen LogP contribution in [0.25, 0.3) is 0 Å². The normalized spacial score (nSPS) is 11.7. The van der Waals surface area contributed by atoms with Gasteiger partial charge in [0.1, 0.15) is 0 Å². The summed E-state index contributed by atoms with van der Waals surface area (Å²) in [6.07, 6.45) is -4.97. The lowest BCUT2D eigenvalue weighted by molar-refractivity contribution is -0.140. The molecular formula is C19H17F3N2O3S. The summed E-state index contributed by atoms with van der Waals surface area (Å²) < 4.78 is 65.9. The number of rotatable bonds is 5. The minimum absolute atomic E-state index is 0.208. The molecule has 0 aliphatic carbocycles. The summed E-state index contributed by atoms with van der Waals surface area (Å²) in [4.78, 5) is 10.9. The number of nitriles is 1. The van der Waals surface area contributed by atoms with E-state index in [-0.39, 0.29) is 18.4 Å². The first kappa shape index (κ1) is 21.4. The highest BCUT2D eigenvalue weighted by Gasteiger charge is 2.38. The van der Waals surface area contributed by atoms with Crippen LogP contribution >= 0.6 is 0 Å². The molecule has 0 saturated heterocycles. The fourth-order valence-corrected chi connectivity index (χ4v) is 3.91. The Labute approximate surface area is 160 Å². The highest BCUT2D eigenvalue weighted by Crippen LogP contribution is 2.34. The quantitative estimate of drug-likeness (QED) is 0.816. The molecule has 0 heterocycles. The fourth-order valence-electron chi connectivity index (χ4n) is 2.69. The molecule has 0 saturated carbocycles. The molecule has 0 fully saturated rings. The molecule has 0 aliphatic rings. The van der Waals surface area contributed by atoms with E-state index < -0.39 is 32.6 Å². The van der Waals surface area contributed by atoms with E-state index in [4.69, 9.17) is 5.26 Å². The highest BCUT2D eigenvalue weighted by atomic mass is 32.2. The molecule has 9 heteroatoms. The lowest BCUT2D eigenvalue weighted by Crippen LogP contribution is -2.32. The zero-order valence-electron chi connectivity index (χ0n) is 15.1. The van der Waals surface area contributed by atoms with Gasteiger partial charge in [-0.15, -0.1) is 0 Å². The minimum Gasteiger partial charge on any atom is -0.274 e. The largest absolute Gasteiger partial charge is 0.417 e. The molecule has 0 spiro atoms. The molecule has 28 heavy (non-hydrogen) atoms. The number of hydrogen-bond donors (Lipinski definition) is 1. The van der Waals surface area contributed by atoms with Crippen molar-refractivity contribution in [3.63, 3.8) is 0 Å². The average Bonchev–Trinajstić information content (AvgIpc) is 2.59. The molecular weight excluding hydrogens is 393 g/mol. The molecule has 0 unspecified atom stereocenters. The molecule has 2 aromatic rings. The Morgan fingerprint density at radius 3 is 2.39 bits per heavy atom. The second-order valence-electron chi connectivity index (χ2n) is 6.28. The molecule has 5 nitrogen and oxygen atoms in total. The van der Waals surface area contributed by atoms with Gasteiger partial charge >= 0.3 is 6.18 Å². The van der Waals surface area contributed by atoms with Crippen LogP contribution in [0, 0.1) is 25.2 Å². The maximum Gasteiger partial charge on any atom is 0.417 e. The second-order valence-corrected chi connectivity index (χ2v) is 7.93. The van der Waals surface area contributed by atoms with Gasteiger partial charge in [0.05, 0.1) is 22.1 Å². The molecule has 0 radical (unpaired) electrons. The van der Waals surface area contributed by atoms with Crippen LogP contribution in [0.1, 0.15) is 34.2 Å². The van der Waals surface area contributed by atoms with E-state index in [9.17, 15) is 26.4 Å². The fraction of sp³-hybridized carbons (Fsp3) is 0.263.